The van der Waals surface area contributed by atoms with Crippen molar-refractivity contribution in [3.8, 4) is 0 Å². The van der Waals surface area contributed by atoms with Gasteiger partial charge in [0.25, 0.3) is 0 Å². The number of hydrogen-bond donors (Lipinski definition) is 3. The van der Waals surface area contributed by atoms with Gasteiger partial charge in [-0.3, -0.25) is 13.8 Å². The summed E-state index contributed by atoms with van der Waals surface area (Å²) in [6, 6.07) is -0.759. The van der Waals surface area contributed by atoms with Crippen LogP contribution in [0.2, 0.25) is 0 Å². The Labute approximate surface area is 417 Å². The van der Waals surface area contributed by atoms with Gasteiger partial charge in [0.1, 0.15) is 13.2 Å². The highest BCUT2D eigenvalue weighted by atomic mass is 31.2. The number of hydrogen-bond acceptors (Lipinski definition) is 5. The number of nitrogens with zero attached hydrogens (tertiary/aromatic N) is 1. The molecule has 0 aliphatic rings. The highest BCUT2D eigenvalue weighted by Crippen LogP contribution is 2.43. The van der Waals surface area contributed by atoms with E-state index in [1.165, 1.54) is 199 Å². The molecular formula is C58H114N2O6P+. The van der Waals surface area contributed by atoms with E-state index in [4.69, 9.17) is 9.05 Å². The molecule has 1 amide bonds. The summed E-state index contributed by atoms with van der Waals surface area (Å²) < 4.78 is 23.7. The van der Waals surface area contributed by atoms with Crippen molar-refractivity contribution in [1.82, 2.24) is 5.32 Å². The molecule has 0 saturated heterocycles. The lowest BCUT2D eigenvalue weighted by Crippen LogP contribution is -2.46. The number of aliphatic hydroxyl groups is 1. The number of rotatable bonds is 53. The van der Waals surface area contributed by atoms with Crippen molar-refractivity contribution in [3.63, 3.8) is 0 Å². The van der Waals surface area contributed by atoms with Gasteiger partial charge in [-0.1, -0.05) is 256 Å². The van der Waals surface area contributed by atoms with E-state index in [9.17, 15) is 19.4 Å². The predicted octanol–water partition coefficient (Wildman–Crippen LogP) is 17.4. The van der Waals surface area contributed by atoms with Gasteiger partial charge in [-0.15, -0.1) is 0 Å². The zero-order valence-electron chi connectivity index (χ0n) is 45.2. The normalized spacial score (nSPS) is 14.2. The number of carbonyl (C=O) groups is 1. The highest BCUT2D eigenvalue weighted by molar-refractivity contribution is 7.47. The molecule has 8 nitrogen and oxygen atoms in total. The Morgan fingerprint density at radius 3 is 1.24 bits per heavy atom. The van der Waals surface area contributed by atoms with Crippen LogP contribution in [-0.2, 0) is 18.4 Å². The summed E-state index contributed by atoms with van der Waals surface area (Å²) in [6.45, 7) is 4.90. The number of unbranched alkanes of at least 4 members (excludes halogenated alkanes) is 34. The summed E-state index contributed by atoms with van der Waals surface area (Å²) >= 11 is 0. The molecule has 0 heterocycles. The van der Waals surface area contributed by atoms with Crippen molar-refractivity contribution < 1.29 is 32.9 Å². The number of aliphatic hydroxyl groups excluding tert-OH is 1. The van der Waals surface area contributed by atoms with Gasteiger partial charge in [0.05, 0.1) is 39.9 Å². The van der Waals surface area contributed by atoms with Crippen LogP contribution in [0, 0.1) is 0 Å². The molecule has 0 fully saturated rings. The first-order valence-electron chi connectivity index (χ1n) is 28.9. The zero-order chi connectivity index (χ0) is 49.2. The molecule has 3 unspecified atom stereocenters. The first-order valence-corrected chi connectivity index (χ1v) is 30.3. The Bertz CT molecular complexity index is 1190. The number of allylic oxidation sites excluding steroid dienone is 6. The number of amides is 1. The lowest BCUT2D eigenvalue weighted by atomic mass is 10.0. The summed E-state index contributed by atoms with van der Waals surface area (Å²) in [4.78, 5) is 23.3. The molecule has 0 aliphatic carbocycles. The minimum absolute atomic E-state index is 0.0757. The molecule has 0 aromatic carbocycles. The smallest absolute Gasteiger partial charge is 0.391 e. The first kappa shape index (κ1) is 65.7. The minimum Gasteiger partial charge on any atom is -0.391 e. The summed E-state index contributed by atoms with van der Waals surface area (Å²) in [6.07, 6.45) is 63.4. The second-order valence-corrected chi connectivity index (χ2v) is 22.5. The van der Waals surface area contributed by atoms with Crippen LogP contribution in [0.4, 0.5) is 0 Å². The van der Waals surface area contributed by atoms with Gasteiger partial charge < -0.3 is 19.8 Å². The van der Waals surface area contributed by atoms with E-state index < -0.39 is 20.0 Å². The van der Waals surface area contributed by atoms with Crippen molar-refractivity contribution in [3.05, 3.63) is 36.5 Å². The second-order valence-electron chi connectivity index (χ2n) is 21.0. The monoisotopic (exact) mass is 966 g/mol. The van der Waals surface area contributed by atoms with Crippen LogP contribution in [0.25, 0.3) is 0 Å². The number of likely N-dealkylation sites (N-methyl/N-ethyl adjacent to an activating group) is 1. The lowest BCUT2D eigenvalue weighted by Gasteiger charge is -2.26. The molecule has 3 N–H and O–H groups in total. The van der Waals surface area contributed by atoms with Crippen molar-refractivity contribution in [1.29, 1.82) is 0 Å². The Balaban J connectivity index is 4.04. The average Bonchev–Trinajstić information content (AvgIpc) is 3.29. The van der Waals surface area contributed by atoms with Crippen molar-refractivity contribution >= 4 is 13.7 Å². The summed E-state index contributed by atoms with van der Waals surface area (Å²) in [7, 11) is 1.62. The predicted molar refractivity (Wildman–Crippen MR) is 291 cm³/mol. The topological polar surface area (TPSA) is 105 Å². The third kappa shape index (κ3) is 52.4. The standard InChI is InChI=1S/C58H113N2O6P/c1-6-8-10-12-14-16-18-20-22-23-24-25-26-27-28-29-30-31-32-33-34-35-36-37-38-40-42-44-46-48-50-52-58(62)59-56(55-66-67(63,64)65-54-53-60(3,4)5)57(61)51-49-47-45-43-41-39-21-19-17-15-13-11-9-7-2/h18,20,23-24,26-27,56-57,61H,6-17,19,21-22,25,28-55H2,1-5H3,(H-,59,62,63,64)/p+1/b20-18-,24-23-,27-26-. The number of nitrogens with one attached hydrogen (secondary N) is 1. The van der Waals surface area contributed by atoms with E-state index in [-0.39, 0.29) is 19.1 Å². The third-order valence-corrected chi connectivity index (χ3v) is 14.1. The molecule has 0 spiro atoms. The number of phosphoric acid groups is 1. The van der Waals surface area contributed by atoms with E-state index in [0.29, 0.717) is 23.9 Å². The maximum atomic E-state index is 13.0. The van der Waals surface area contributed by atoms with Crippen molar-refractivity contribution in [2.45, 2.75) is 289 Å². The van der Waals surface area contributed by atoms with E-state index in [2.05, 4.69) is 55.6 Å². The van der Waals surface area contributed by atoms with Crippen molar-refractivity contribution in [2.75, 3.05) is 40.9 Å². The van der Waals surface area contributed by atoms with Gasteiger partial charge in [-0.2, -0.15) is 0 Å². The van der Waals surface area contributed by atoms with Gasteiger partial charge in [-0.05, 0) is 51.4 Å². The maximum absolute atomic E-state index is 13.0. The van der Waals surface area contributed by atoms with Crippen LogP contribution in [0.3, 0.4) is 0 Å². The van der Waals surface area contributed by atoms with Gasteiger partial charge in [0, 0.05) is 6.42 Å². The Morgan fingerprint density at radius 1 is 0.507 bits per heavy atom. The molecule has 0 aliphatic heterocycles. The van der Waals surface area contributed by atoms with Crippen LogP contribution in [0.15, 0.2) is 36.5 Å². The summed E-state index contributed by atoms with van der Waals surface area (Å²) in [5, 5.41) is 14.0. The lowest BCUT2D eigenvalue weighted by molar-refractivity contribution is -0.870. The van der Waals surface area contributed by atoms with E-state index in [0.717, 1.165) is 51.4 Å². The minimum atomic E-state index is -4.32. The van der Waals surface area contributed by atoms with Crippen LogP contribution in [0.5, 0.6) is 0 Å². The molecule has 67 heavy (non-hydrogen) atoms. The molecule has 396 valence electrons. The molecule has 0 radical (unpaired) electrons. The molecule has 0 rings (SSSR count). The fraction of sp³-hybridized carbons (Fsp3) is 0.879. The molecule has 9 heteroatoms. The number of phosphoric ester groups is 1. The van der Waals surface area contributed by atoms with Gasteiger partial charge in [-0.25, -0.2) is 4.57 Å². The summed E-state index contributed by atoms with van der Waals surface area (Å²) in [5.41, 5.74) is 0. The quantitative estimate of drug-likeness (QED) is 0.0243. The second kappa shape index (κ2) is 49.7. The van der Waals surface area contributed by atoms with Gasteiger partial charge in [0.15, 0.2) is 0 Å². The SMILES string of the molecule is CCCCCCC/C=C\C/C=C\C/C=C\CCCCCCCCCCCCCCCCCCC(=O)NC(COP(=O)(O)OCC[N+](C)(C)C)C(O)CCCCCCCCCCCCCCCC. The molecule has 0 aromatic heterocycles. The van der Waals surface area contributed by atoms with Crippen LogP contribution < -0.4 is 5.32 Å². The fourth-order valence-corrected chi connectivity index (χ4v) is 9.32. The average molecular weight is 967 g/mol. The highest BCUT2D eigenvalue weighted by Gasteiger charge is 2.28. The first-order chi connectivity index (χ1) is 32.5. The van der Waals surface area contributed by atoms with Crippen LogP contribution >= 0.6 is 7.82 Å². The van der Waals surface area contributed by atoms with Gasteiger partial charge >= 0.3 is 7.82 Å². The molecule has 0 bridgehead atoms. The van der Waals surface area contributed by atoms with Crippen LogP contribution in [0.1, 0.15) is 277 Å². The van der Waals surface area contributed by atoms with Crippen molar-refractivity contribution in [2.24, 2.45) is 0 Å². The number of quaternary nitrogens is 1. The Morgan fingerprint density at radius 2 is 0.851 bits per heavy atom. The van der Waals surface area contributed by atoms with E-state index in [1.807, 2.05) is 21.1 Å². The summed E-state index contributed by atoms with van der Waals surface area (Å²) in [5.74, 6) is -0.142. The molecule has 0 saturated carbocycles. The maximum Gasteiger partial charge on any atom is 0.472 e. The molecule has 0 aromatic rings. The largest absolute Gasteiger partial charge is 0.472 e. The third-order valence-electron chi connectivity index (χ3n) is 13.1. The molecular weight excluding hydrogens is 852 g/mol. The fourth-order valence-electron chi connectivity index (χ4n) is 8.58. The molecule has 3 atom stereocenters. The van der Waals surface area contributed by atoms with Gasteiger partial charge in [0.2, 0.25) is 5.91 Å². The number of carbonyl (C=O) groups excluding carboxylic acids is 1. The zero-order valence-corrected chi connectivity index (χ0v) is 46.0. The van der Waals surface area contributed by atoms with Crippen LogP contribution in [-0.4, -0.2) is 73.4 Å². The van der Waals surface area contributed by atoms with E-state index >= 15 is 0 Å². The Kier molecular flexibility index (Phi) is 48.7. The van der Waals surface area contributed by atoms with E-state index in [1.54, 1.807) is 0 Å². The Hall–Kier alpha value is -1.28.